The van der Waals surface area contributed by atoms with Gasteiger partial charge in [-0.3, -0.25) is 9.69 Å². The minimum Gasteiger partial charge on any atom is -0.352 e. The molecule has 0 aliphatic carbocycles. The van der Waals surface area contributed by atoms with Crippen molar-refractivity contribution in [3.05, 3.63) is 35.9 Å². The molecule has 2 unspecified atom stereocenters. The molecule has 19 heavy (non-hydrogen) atoms. The van der Waals surface area contributed by atoms with Crippen LogP contribution in [-0.4, -0.2) is 36.0 Å². The highest BCUT2D eigenvalue weighted by Gasteiger charge is 2.29. The SMILES string of the molecule is CC1CC(NC(=O)CCN)CN1Cc1ccccc1. The molecule has 0 bridgehead atoms. The van der Waals surface area contributed by atoms with Crippen molar-refractivity contribution in [2.45, 2.75) is 38.4 Å². The molecule has 0 aromatic heterocycles. The Hall–Kier alpha value is -1.39. The topological polar surface area (TPSA) is 58.4 Å². The van der Waals surface area contributed by atoms with Crippen LogP contribution in [0.25, 0.3) is 0 Å². The zero-order chi connectivity index (χ0) is 13.7. The third-order valence-electron chi connectivity index (χ3n) is 3.67. The molecule has 1 aliphatic heterocycles. The van der Waals surface area contributed by atoms with Gasteiger partial charge in [0, 0.05) is 38.1 Å². The summed E-state index contributed by atoms with van der Waals surface area (Å²) >= 11 is 0. The van der Waals surface area contributed by atoms with Gasteiger partial charge in [0.1, 0.15) is 0 Å². The van der Waals surface area contributed by atoms with Crippen molar-refractivity contribution in [3.8, 4) is 0 Å². The molecule has 1 aliphatic rings. The third-order valence-corrected chi connectivity index (χ3v) is 3.67. The lowest BCUT2D eigenvalue weighted by Gasteiger charge is -2.20. The summed E-state index contributed by atoms with van der Waals surface area (Å²) in [5.41, 5.74) is 6.71. The van der Waals surface area contributed by atoms with Crippen LogP contribution in [0.1, 0.15) is 25.3 Å². The predicted molar refractivity (Wildman–Crippen MR) is 76.5 cm³/mol. The summed E-state index contributed by atoms with van der Waals surface area (Å²) in [5, 5.41) is 3.07. The fraction of sp³-hybridized carbons (Fsp3) is 0.533. The number of rotatable bonds is 5. The van der Waals surface area contributed by atoms with E-state index in [9.17, 15) is 4.79 Å². The second kappa shape index (κ2) is 6.68. The van der Waals surface area contributed by atoms with Gasteiger partial charge in [0.05, 0.1) is 0 Å². The number of hydrogen-bond donors (Lipinski definition) is 2. The van der Waals surface area contributed by atoms with Crippen molar-refractivity contribution >= 4 is 5.91 Å². The van der Waals surface area contributed by atoms with Crippen LogP contribution in [0.5, 0.6) is 0 Å². The number of carbonyl (C=O) groups is 1. The minimum atomic E-state index is 0.0706. The molecule has 1 heterocycles. The van der Waals surface area contributed by atoms with E-state index in [2.05, 4.69) is 41.4 Å². The van der Waals surface area contributed by atoms with Crippen molar-refractivity contribution in [3.63, 3.8) is 0 Å². The summed E-state index contributed by atoms with van der Waals surface area (Å²) in [6.07, 6.45) is 1.44. The average molecular weight is 261 g/mol. The number of likely N-dealkylation sites (tertiary alicyclic amines) is 1. The van der Waals surface area contributed by atoms with Gasteiger partial charge >= 0.3 is 0 Å². The Labute approximate surface area is 115 Å². The normalized spacial score (nSPS) is 23.5. The number of amides is 1. The second-order valence-corrected chi connectivity index (χ2v) is 5.30. The largest absolute Gasteiger partial charge is 0.352 e. The Kier molecular flexibility index (Phi) is 4.93. The van der Waals surface area contributed by atoms with Gasteiger partial charge in [-0.15, -0.1) is 0 Å². The van der Waals surface area contributed by atoms with Crippen LogP contribution in [0, 0.1) is 0 Å². The van der Waals surface area contributed by atoms with Crippen molar-refractivity contribution in [2.24, 2.45) is 5.73 Å². The van der Waals surface area contributed by atoms with Gasteiger partial charge in [-0.1, -0.05) is 30.3 Å². The van der Waals surface area contributed by atoms with Gasteiger partial charge in [0.2, 0.25) is 5.91 Å². The highest BCUT2D eigenvalue weighted by Crippen LogP contribution is 2.20. The number of benzene rings is 1. The highest BCUT2D eigenvalue weighted by atomic mass is 16.1. The van der Waals surface area contributed by atoms with Crippen LogP contribution in [-0.2, 0) is 11.3 Å². The Bertz CT molecular complexity index is 407. The fourth-order valence-electron chi connectivity index (χ4n) is 2.67. The van der Waals surface area contributed by atoms with Crippen LogP contribution >= 0.6 is 0 Å². The van der Waals surface area contributed by atoms with Gasteiger partial charge in [-0.05, 0) is 18.9 Å². The standard InChI is InChI=1S/C15H23N3O/c1-12-9-14(17-15(19)7-8-16)11-18(12)10-13-5-3-2-4-6-13/h2-6,12,14H,7-11,16H2,1H3,(H,17,19). The van der Waals surface area contributed by atoms with Crippen LogP contribution < -0.4 is 11.1 Å². The van der Waals surface area contributed by atoms with Gasteiger partial charge in [0.25, 0.3) is 0 Å². The maximum Gasteiger partial charge on any atom is 0.221 e. The van der Waals surface area contributed by atoms with Crippen LogP contribution in [0.4, 0.5) is 0 Å². The Morgan fingerprint density at radius 3 is 2.84 bits per heavy atom. The van der Waals surface area contributed by atoms with E-state index in [1.54, 1.807) is 0 Å². The Morgan fingerprint density at radius 2 is 2.16 bits per heavy atom. The van der Waals surface area contributed by atoms with E-state index < -0.39 is 0 Å². The molecule has 1 amide bonds. The van der Waals surface area contributed by atoms with Crippen LogP contribution in [0.3, 0.4) is 0 Å². The lowest BCUT2D eigenvalue weighted by atomic mass is 10.2. The monoisotopic (exact) mass is 261 g/mol. The number of nitrogens with one attached hydrogen (secondary N) is 1. The number of nitrogens with zero attached hydrogens (tertiary/aromatic N) is 1. The van der Waals surface area contributed by atoms with Crippen molar-refractivity contribution in [2.75, 3.05) is 13.1 Å². The minimum absolute atomic E-state index is 0.0706. The molecule has 2 atom stereocenters. The summed E-state index contributed by atoms with van der Waals surface area (Å²) < 4.78 is 0. The van der Waals surface area contributed by atoms with Crippen molar-refractivity contribution in [1.82, 2.24) is 10.2 Å². The number of carbonyl (C=O) groups excluding carboxylic acids is 1. The molecule has 3 N–H and O–H groups in total. The smallest absolute Gasteiger partial charge is 0.221 e. The van der Waals surface area contributed by atoms with Crippen molar-refractivity contribution < 1.29 is 4.79 Å². The average Bonchev–Trinajstić information content (AvgIpc) is 2.71. The summed E-state index contributed by atoms with van der Waals surface area (Å²) in [4.78, 5) is 14.0. The maximum absolute atomic E-state index is 11.6. The maximum atomic E-state index is 11.6. The lowest BCUT2D eigenvalue weighted by molar-refractivity contribution is -0.121. The molecule has 0 radical (unpaired) electrons. The molecule has 4 nitrogen and oxygen atoms in total. The Morgan fingerprint density at radius 1 is 1.42 bits per heavy atom. The summed E-state index contributed by atoms with van der Waals surface area (Å²) in [5.74, 6) is 0.0706. The van der Waals surface area contributed by atoms with Gasteiger partial charge in [0.15, 0.2) is 0 Å². The summed E-state index contributed by atoms with van der Waals surface area (Å²) in [6.45, 7) is 4.51. The molecule has 0 spiro atoms. The van der Waals surface area contributed by atoms with E-state index in [1.165, 1.54) is 5.56 Å². The van der Waals surface area contributed by atoms with E-state index >= 15 is 0 Å². The summed E-state index contributed by atoms with van der Waals surface area (Å²) in [7, 11) is 0. The molecule has 0 saturated carbocycles. The van der Waals surface area contributed by atoms with E-state index in [1.807, 2.05) is 6.07 Å². The first-order valence-electron chi connectivity index (χ1n) is 6.96. The van der Waals surface area contributed by atoms with Crippen LogP contribution in [0.2, 0.25) is 0 Å². The number of hydrogen-bond acceptors (Lipinski definition) is 3. The molecular weight excluding hydrogens is 238 g/mol. The highest BCUT2D eigenvalue weighted by molar-refractivity contribution is 5.76. The quantitative estimate of drug-likeness (QED) is 0.835. The van der Waals surface area contributed by atoms with Crippen molar-refractivity contribution in [1.29, 1.82) is 0 Å². The van der Waals surface area contributed by atoms with E-state index in [-0.39, 0.29) is 11.9 Å². The second-order valence-electron chi connectivity index (χ2n) is 5.30. The lowest BCUT2D eigenvalue weighted by Crippen LogP contribution is -2.37. The number of nitrogens with two attached hydrogens (primary N) is 1. The molecule has 1 aromatic rings. The first kappa shape index (κ1) is 14.0. The van der Waals surface area contributed by atoms with Crippen LogP contribution in [0.15, 0.2) is 30.3 Å². The van der Waals surface area contributed by atoms with E-state index in [0.717, 1.165) is 19.5 Å². The third kappa shape index (κ3) is 4.04. The van der Waals surface area contributed by atoms with Gasteiger partial charge < -0.3 is 11.1 Å². The molecule has 4 heteroatoms. The fourth-order valence-corrected chi connectivity index (χ4v) is 2.67. The molecule has 1 saturated heterocycles. The predicted octanol–water partition coefficient (Wildman–Crippen LogP) is 1.11. The molecule has 2 rings (SSSR count). The van der Waals surface area contributed by atoms with E-state index in [0.29, 0.717) is 19.0 Å². The van der Waals surface area contributed by atoms with Gasteiger partial charge in [-0.2, -0.15) is 0 Å². The zero-order valence-corrected chi connectivity index (χ0v) is 11.5. The molecular formula is C15H23N3O. The molecule has 104 valence electrons. The van der Waals surface area contributed by atoms with E-state index in [4.69, 9.17) is 5.73 Å². The summed E-state index contributed by atoms with van der Waals surface area (Å²) in [6, 6.07) is 11.2. The molecule has 1 aromatic carbocycles. The molecule has 1 fully saturated rings. The Balaban J connectivity index is 1.85. The first-order chi connectivity index (χ1) is 9.19. The van der Waals surface area contributed by atoms with Gasteiger partial charge in [-0.25, -0.2) is 0 Å². The first-order valence-corrected chi connectivity index (χ1v) is 6.96. The zero-order valence-electron chi connectivity index (χ0n) is 11.5.